The molecule has 0 atom stereocenters. The summed E-state index contributed by atoms with van der Waals surface area (Å²) in [6.07, 6.45) is 0. The topological polar surface area (TPSA) is 50.2 Å². The highest BCUT2D eigenvalue weighted by Crippen LogP contribution is 2.26. The van der Waals surface area contributed by atoms with Gasteiger partial charge in [0.1, 0.15) is 0 Å². The van der Waals surface area contributed by atoms with Gasteiger partial charge in [-0.25, -0.2) is 4.79 Å². The van der Waals surface area contributed by atoms with E-state index in [-0.39, 0.29) is 5.92 Å². The van der Waals surface area contributed by atoms with Crippen LogP contribution in [0.1, 0.15) is 46.9 Å². The van der Waals surface area contributed by atoms with Crippen molar-refractivity contribution < 1.29 is 9.90 Å². The van der Waals surface area contributed by atoms with Gasteiger partial charge in [-0.1, -0.05) is 19.9 Å². The van der Waals surface area contributed by atoms with Crippen molar-refractivity contribution in [3.8, 4) is 0 Å². The Morgan fingerprint density at radius 1 is 1.22 bits per heavy atom. The van der Waals surface area contributed by atoms with Gasteiger partial charge in [0.2, 0.25) is 0 Å². The first-order chi connectivity index (χ1) is 8.40. The zero-order valence-electron chi connectivity index (χ0n) is 11.1. The van der Waals surface area contributed by atoms with Crippen molar-refractivity contribution in [2.75, 3.05) is 0 Å². The lowest BCUT2D eigenvalue weighted by Crippen LogP contribution is -2.04. The molecular formula is C15H17NO2. The molecule has 1 aromatic heterocycles. The fraction of sp³-hybridized carbons (Fsp3) is 0.333. The largest absolute Gasteiger partial charge is 0.478 e. The second-order valence-corrected chi connectivity index (χ2v) is 5.03. The molecule has 94 valence electrons. The molecule has 0 bridgehead atoms. The number of nitrogens with zero attached hydrogens (tertiary/aromatic N) is 1. The normalized spacial score (nSPS) is 11.2. The van der Waals surface area contributed by atoms with Crippen molar-refractivity contribution in [2.24, 2.45) is 0 Å². The van der Waals surface area contributed by atoms with Gasteiger partial charge in [0.25, 0.3) is 0 Å². The molecule has 18 heavy (non-hydrogen) atoms. The minimum atomic E-state index is -0.892. The second kappa shape index (κ2) is 4.41. The van der Waals surface area contributed by atoms with Crippen LogP contribution in [-0.2, 0) is 0 Å². The van der Waals surface area contributed by atoms with Crippen LogP contribution in [0.5, 0.6) is 0 Å². The summed E-state index contributed by atoms with van der Waals surface area (Å²) in [4.78, 5) is 16.0. The van der Waals surface area contributed by atoms with Gasteiger partial charge < -0.3 is 5.11 Å². The highest BCUT2D eigenvalue weighted by atomic mass is 16.4. The number of aromatic nitrogens is 1. The molecule has 0 radical (unpaired) electrons. The lowest BCUT2D eigenvalue weighted by atomic mass is 9.98. The molecule has 3 heteroatoms. The van der Waals surface area contributed by atoms with E-state index >= 15 is 0 Å². The number of aryl methyl sites for hydroxylation is 2. The first kappa shape index (κ1) is 12.6. The zero-order valence-corrected chi connectivity index (χ0v) is 11.1. The van der Waals surface area contributed by atoms with E-state index in [1.807, 2.05) is 39.8 Å². The van der Waals surface area contributed by atoms with Crippen molar-refractivity contribution in [1.82, 2.24) is 4.98 Å². The summed E-state index contributed by atoms with van der Waals surface area (Å²) in [5.74, 6) is -0.676. The van der Waals surface area contributed by atoms with Crippen LogP contribution < -0.4 is 0 Å². The molecule has 0 aliphatic rings. The van der Waals surface area contributed by atoms with Crippen LogP contribution >= 0.6 is 0 Å². The average Bonchev–Trinajstić information content (AvgIpc) is 2.26. The maximum absolute atomic E-state index is 11.4. The smallest absolute Gasteiger partial charge is 0.336 e. The molecule has 1 N–H and O–H groups in total. The molecule has 0 unspecified atom stereocenters. The Morgan fingerprint density at radius 3 is 2.44 bits per heavy atom. The molecule has 0 spiro atoms. The van der Waals surface area contributed by atoms with Crippen LogP contribution in [0, 0.1) is 13.8 Å². The minimum Gasteiger partial charge on any atom is -0.478 e. The third-order valence-electron chi connectivity index (χ3n) is 3.09. The molecule has 2 rings (SSSR count). The van der Waals surface area contributed by atoms with Gasteiger partial charge in [-0.15, -0.1) is 0 Å². The molecule has 1 aromatic carbocycles. The van der Waals surface area contributed by atoms with Gasteiger partial charge in [-0.2, -0.15) is 0 Å². The summed E-state index contributed by atoms with van der Waals surface area (Å²) in [7, 11) is 0. The summed E-state index contributed by atoms with van der Waals surface area (Å²) < 4.78 is 0. The van der Waals surface area contributed by atoms with E-state index < -0.39 is 5.97 Å². The SMILES string of the molecule is Cc1cc(C)c2c(C(=O)O)cc(C(C)C)nc2c1. The third kappa shape index (κ3) is 2.08. The Hall–Kier alpha value is -1.90. The van der Waals surface area contributed by atoms with E-state index in [9.17, 15) is 9.90 Å². The molecule has 3 nitrogen and oxygen atoms in total. The van der Waals surface area contributed by atoms with Gasteiger partial charge in [-0.05, 0) is 43.0 Å². The van der Waals surface area contributed by atoms with Crippen LogP contribution in [0.25, 0.3) is 10.9 Å². The lowest BCUT2D eigenvalue weighted by molar-refractivity contribution is 0.0698. The number of carboxylic acids is 1. The predicted octanol–water partition coefficient (Wildman–Crippen LogP) is 3.67. The van der Waals surface area contributed by atoms with E-state index in [4.69, 9.17) is 0 Å². The van der Waals surface area contributed by atoms with Gasteiger partial charge in [-0.3, -0.25) is 4.98 Å². The number of hydrogen-bond donors (Lipinski definition) is 1. The lowest BCUT2D eigenvalue weighted by Gasteiger charge is -2.12. The van der Waals surface area contributed by atoms with Crippen LogP contribution in [0.4, 0.5) is 0 Å². The Kier molecular flexibility index (Phi) is 3.07. The Morgan fingerprint density at radius 2 is 1.89 bits per heavy atom. The van der Waals surface area contributed by atoms with E-state index in [0.717, 1.165) is 27.7 Å². The Bertz CT molecular complexity index is 630. The second-order valence-electron chi connectivity index (χ2n) is 5.03. The van der Waals surface area contributed by atoms with Crippen LogP contribution in [-0.4, -0.2) is 16.1 Å². The Balaban J connectivity index is 2.90. The molecule has 0 saturated heterocycles. The summed E-state index contributed by atoms with van der Waals surface area (Å²) in [5, 5.41) is 10.1. The van der Waals surface area contributed by atoms with Gasteiger partial charge in [0.05, 0.1) is 11.1 Å². The molecule has 0 aliphatic carbocycles. The fourth-order valence-electron chi connectivity index (χ4n) is 2.24. The van der Waals surface area contributed by atoms with Gasteiger partial charge >= 0.3 is 5.97 Å². The molecule has 0 amide bonds. The third-order valence-corrected chi connectivity index (χ3v) is 3.09. The molecule has 2 aromatic rings. The summed E-state index contributed by atoms with van der Waals surface area (Å²) in [5.41, 5.74) is 4.01. The summed E-state index contributed by atoms with van der Waals surface area (Å²) in [6.45, 7) is 7.96. The van der Waals surface area contributed by atoms with Crippen molar-refractivity contribution in [2.45, 2.75) is 33.6 Å². The maximum Gasteiger partial charge on any atom is 0.336 e. The number of carbonyl (C=O) groups is 1. The fourth-order valence-corrected chi connectivity index (χ4v) is 2.24. The monoisotopic (exact) mass is 243 g/mol. The van der Waals surface area contributed by atoms with Gasteiger partial charge in [0.15, 0.2) is 0 Å². The highest BCUT2D eigenvalue weighted by molar-refractivity contribution is 6.04. The number of rotatable bonds is 2. The standard InChI is InChI=1S/C15H17NO2/c1-8(2)12-7-11(15(17)18)14-10(4)5-9(3)6-13(14)16-12/h5-8H,1-4H3,(H,17,18). The maximum atomic E-state index is 11.4. The minimum absolute atomic E-state index is 0.216. The van der Waals surface area contributed by atoms with E-state index in [0.29, 0.717) is 5.56 Å². The number of fused-ring (bicyclic) bond motifs is 1. The zero-order chi connectivity index (χ0) is 13.4. The summed E-state index contributed by atoms with van der Waals surface area (Å²) >= 11 is 0. The predicted molar refractivity (Wildman–Crippen MR) is 72.3 cm³/mol. The molecule has 0 aliphatic heterocycles. The molecule has 0 fully saturated rings. The first-order valence-electron chi connectivity index (χ1n) is 6.05. The van der Waals surface area contributed by atoms with E-state index in [1.54, 1.807) is 6.07 Å². The highest BCUT2D eigenvalue weighted by Gasteiger charge is 2.15. The number of aromatic carboxylic acids is 1. The van der Waals surface area contributed by atoms with Crippen LogP contribution in [0.15, 0.2) is 18.2 Å². The number of hydrogen-bond acceptors (Lipinski definition) is 2. The van der Waals surface area contributed by atoms with Crippen molar-refractivity contribution in [3.05, 3.63) is 40.6 Å². The molecule has 0 saturated carbocycles. The average molecular weight is 243 g/mol. The number of pyridine rings is 1. The molecular weight excluding hydrogens is 226 g/mol. The van der Waals surface area contributed by atoms with Crippen molar-refractivity contribution in [1.29, 1.82) is 0 Å². The number of benzene rings is 1. The van der Waals surface area contributed by atoms with Crippen LogP contribution in [0.3, 0.4) is 0 Å². The first-order valence-corrected chi connectivity index (χ1v) is 6.05. The molecule has 1 heterocycles. The number of carboxylic acid groups (broad SMARTS) is 1. The van der Waals surface area contributed by atoms with E-state index in [2.05, 4.69) is 4.98 Å². The van der Waals surface area contributed by atoms with Crippen molar-refractivity contribution >= 4 is 16.9 Å². The van der Waals surface area contributed by atoms with Crippen LogP contribution in [0.2, 0.25) is 0 Å². The Labute approximate surface area is 106 Å². The van der Waals surface area contributed by atoms with Gasteiger partial charge in [0, 0.05) is 11.1 Å². The van der Waals surface area contributed by atoms with Crippen molar-refractivity contribution in [3.63, 3.8) is 0 Å². The summed E-state index contributed by atoms with van der Waals surface area (Å²) in [6, 6.07) is 5.63. The quantitative estimate of drug-likeness (QED) is 0.875. The van der Waals surface area contributed by atoms with E-state index in [1.165, 1.54) is 0 Å².